The van der Waals surface area contributed by atoms with Gasteiger partial charge in [-0.25, -0.2) is 13.1 Å². The Balaban J connectivity index is 2.14. The van der Waals surface area contributed by atoms with Crippen LogP contribution in [0.4, 0.5) is 0 Å². The van der Waals surface area contributed by atoms with Crippen LogP contribution in [0.5, 0.6) is 5.75 Å². The Bertz CT molecular complexity index is 583. The Hall–Kier alpha value is -0.630. The van der Waals surface area contributed by atoms with Crippen molar-refractivity contribution in [2.75, 3.05) is 14.2 Å². The average Bonchev–Trinajstić information content (AvgIpc) is 2.47. The minimum Gasteiger partial charge on any atom is -0.495 e. The number of sulfonamides is 1. The Morgan fingerprint density at radius 2 is 1.86 bits per heavy atom. The van der Waals surface area contributed by atoms with Gasteiger partial charge in [0.2, 0.25) is 10.0 Å². The molecule has 5 nitrogen and oxygen atoms in total. The molecule has 0 atom stereocenters. The Labute approximate surface area is 134 Å². The molecule has 1 aliphatic rings. The maximum atomic E-state index is 12.5. The van der Waals surface area contributed by atoms with E-state index in [1.165, 1.54) is 7.11 Å². The van der Waals surface area contributed by atoms with Crippen molar-refractivity contribution in [2.45, 2.75) is 42.7 Å². The molecule has 118 valence electrons. The van der Waals surface area contributed by atoms with Gasteiger partial charge in [-0.2, -0.15) is 0 Å². The smallest absolute Gasteiger partial charge is 0.244 e. The quantitative estimate of drug-likeness (QED) is 0.856. The Morgan fingerprint density at radius 1 is 1.19 bits per heavy atom. The van der Waals surface area contributed by atoms with Gasteiger partial charge < -0.3 is 9.47 Å². The monoisotopic (exact) mass is 377 g/mol. The van der Waals surface area contributed by atoms with Crippen LogP contribution in [0.1, 0.15) is 25.7 Å². The third-order valence-corrected chi connectivity index (χ3v) is 5.78. The molecule has 0 aliphatic heterocycles. The minimum atomic E-state index is -3.60. The predicted molar refractivity (Wildman–Crippen MR) is 84.1 cm³/mol. The average molecular weight is 378 g/mol. The van der Waals surface area contributed by atoms with Crippen molar-refractivity contribution in [3.8, 4) is 5.75 Å². The Kier molecular flexibility index (Phi) is 5.65. The van der Waals surface area contributed by atoms with Gasteiger partial charge in [0.05, 0.1) is 13.2 Å². The van der Waals surface area contributed by atoms with Gasteiger partial charge in [0, 0.05) is 17.6 Å². The normalized spacial score (nSPS) is 23.0. The highest BCUT2D eigenvalue weighted by Crippen LogP contribution is 2.29. The van der Waals surface area contributed by atoms with Crippen molar-refractivity contribution < 1.29 is 17.9 Å². The summed E-state index contributed by atoms with van der Waals surface area (Å²) in [6.45, 7) is 0. The fourth-order valence-corrected chi connectivity index (χ4v) is 4.57. The zero-order valence-electron chi connectivity index (χ0n) is 12.1. The van der Waals surface area contributed by atoms with Gasteiger partial charge in [-0.1, -0.05) is 15.9 Å². The molecule has 21 heavy (non-hydrogen) atoms. The highest BCUT2D eigenvalue weighted by atomic mass is 79.9. The number of rotatable bonds is 5. The van der Waals surface area contributed by atoms with Gasteiger partial charge >= 0.3 is 0 Å². The molecule has 0 amide bonds. The molecule has 1 saturated carbocycles. The highest BCUT2D eigenvalue weighted by molar-refractivity contribution is 9.10. The lowest BCUT2D eigenvalue weighted by molar-refractivity contribution is 0.0649. The first-order valence-electron chi connectivity index (χ1n) is 6.85. The zero-order valence-corrected chi connectivity index (χ0v) is 14.5. The number of ether oxygens (including phenoxy) is 2. The summed E-state index contributed by atoms with van der Waals surface area (Å²) in [5.41, 5.74) is 0. The lowest BCUT2D eigenvalue weighted by Crippen LogP contribution is -2.39. The molecule has 0 bridgehead atoms. The first-order valence-corrected chi connectivity index (χ1v) is 9.12. The molecule has 1 aliphatic carbocycles. The van der Waals surface area contributed by atoms with Gasteiger partial charge in [0.15, 0.2) is 0 Å². The second-order valence-corrected chi connectivity index (χ2v) is 7.72. The SMILES string of the molecule is COc1ccc(Br)cc1S(=O)(=O)N[C@H]1CC[C@@H](OC)CC1. The molecule has 1 aromatic rings. The van der Waals surface area contributed by atoms with Crippen LogP contribution in [0, 0.1) is 0 Å². The molecule has 0 heterocycles. The topological polar surface area (TPSA) is 64.6 Å². The number of nitrogens with one attached hydrogen (secondary N) is 1. The van der Waals surface area contributed by atoms with Crippen molar-refractivity contribution in [3.63, 3.8) is 0 Å². The van der Waals surface area contributed by atoms with Gasteiger partial charge in [0.25, 0.3) is 0 Å². The third kappa shape index (κ3) is 4.18. The fourth-order valence-electron chi connectivity index (χ4n) is 2.56. The van der Waals surface area contributed by atoms with E-state index in [4.69, 9.17) is 9.47 Å². The van der Waals surface area contributed by atoms with E-state index in [0.29, 0.717) is 10.2 Å². The van der Waals surface area contributed by atoms with Crippen LogP contribution < -0.4 is 9.46 Å². The number of benzene rings is 1. The highest BCUT2D eigenvalue weighted by Gasteiger charge is 2.27. The van der Waals surface area contributed by atoms with Crippen LogP contribution in [0.15, 0.2) is 27.6 Å². The first kappa shape index (κ1) is 16.7. The summed E-state index contributed by atoms with van der Waals surface area (Å²) in [5.74, 6) is 0.344. The summed E-state index contributed by atoms with van der Waals surface area (Å²) in [4.78, 5) is 0.160. The molecular formula is C14H20BrNO4S. The summed E-state index contributed by atoms with van der Waals surface area (Å²) in [7, 11) is -0.435. The largest absolute Gasteiger partial charge is 0.495 e. The van der Waals surface area contributed by atoms with Crippen molar-refractivity contribution in [1.82, 2.24) is 4.72 Å². The van der Waals surface area contributed by atoms with Crippen molar-refractivity contribution in [2.24, 2.45) is 0 Å². The van der Waals surface area contributed by atoms with Crippen LogP contribution in [-0.2, 0) is 14.8 Å². The molecule has 0 unspecified atom stereocenters. The second-order valence-electron chi connectivity index (χ2n) is 5.13. The van der Waals surface area contributed by atoms with Crippen LogP contribution in [-0.4, -0.2) is 34.8 Å². The van der Waals surface area contributed by atoms with E-state index in [0.717, 1.165) is 25.7 Å². The number of hydrogen-bond acceptors (Lipinski definition) is 4. The zero-order chi connectivity index (χ0) is 15.5. The molecule has 0 saturated heterocycles. The van der Waals surface area contributed by atoms with Crippen molar-refractivity contribution in [3.05, 3.63) is 22.7 Å². The van der Waals surface area contributed by atoms with E-state index in [9.17, 15) is 8.42 Å². The molecule has 2 rings (SSSR count). The van der Waals surface area contributed by atoms with Crippen LogP contribution in [0.25, 0.3) is 0 Å². The number of methoxy groups -OCH3 is 2. The molecular weight excluding hydrogens is 358 g/mol. The van der Waals surface area contributed by atoms with E-state index in [2.05, 4.69) is 20.7 Å². The second kappa shape index (κ2) is 7.09. The van der Waals surface area contributed by atoms with E-state index < -0.39 is 10.0 Å². The summed E-state index contributed by atoms with van der Waals surface area (Å²) >= 11 is 3.30. The molecule has 7 heteroatoms. The van der Waals surface area contributed by atoms with Gasteiger partial charge in [0.1, 0.15) is 10.6 Å². The van der Waals surface area contributed by atoms with Crippen molar-refractivity contribution in [1.29, 1.82) is 0 Å². The summed E-state index contributed by atoms with van der Waals surface area (Å²) in [6.07, 6.45) is 3.56. The lowest BCUT2D eigenvalue weighted by atomic mass is 9.94. The predicted octanol–water partition coefficient (Wildman–Crippen LogP) is 2.69. The molecule has 1 fully saturated rings. The summed E-state index contributed by atoms with van der Waals surface area (Å²) in [6, 6.07) is 4.90. The maximum Gasteiger partial charge on any atom is 0.244 e. The standard InChI is InChI=1S/C14H20BrNO4S/c1-19-12-6-4-11(5-7-12)16-21(17,18)14-9-10(15)3-8-13(14)20-2/h3,8-9,11-12,16H,4-7H2,1-2H3/t11-,12+. The first-order chi connectivity index (χ1) is 9.96. The van der Waals surface area contributed by atoms with E-state index in [1.807, 2.05) is 0 Å². The fraction of sp³-hybridized carbons (Fsp3) is 0.571. The lowest BCUT2D eigenvalue weighted by Gasteiger charge is -2.28. The minimum absolute atomic E-state index is 0.0508. The van der Waals surface area contributed by atoms with Gasteiger partial charge in [-0.15, -0.1) is 0 Å². The molecule has 1 aromatic carbocycles. The van der Waals surface area contributed by atoms with E-state index in [-0.39, 0.29) is 17.0 Å². The van der Waals surface area contributed by atoms with Crippen molar-refractivity contribution >= 4 is 26.0 Å². The van der Waals surface area contributed by atoms with Crippen LogP contribution in [0.2, 0.25) is 0 Å². The summed E-state index contributed by atoms with van der Waals surface area (Å²) < 4.78 is 39.0. The maximum absolute atomic E-state index is 12.5. The molecule has 0 aromatic heterocycles. The number of halogens is 1. The third-order valence-electron chi connectivity index (χ3n) is 3.74. The van der Waals surface area contributed by atoms with E-state index >= 15 is 0 Å². The number of hydrogen-bond donors (Lipinski definition) is 1. The van der Waals surface area contributed by atoms with Gasteiger partial charge in [-0.3, -0.25) is 0 Å². The van der Waals surface area contributed by atoms with Crippen LogP contribution >= 0.6 is 15.9 Å². The van der Waals surface area contributed by atoms with Gasteiger partial charge in [-0.05, 0) is 43.9 Å². The Morgan fingerprint density at radius 3 is 2.43 bits per heavy atom. The molecule has 0 radical (unpaired) electrons. The molecule has 0 spiro atoms. The van der Waals surface area contributed by atoms with Crippen LogP contribution in [0.3, 0.4) is 0 Å². The summed E-state index contributed by atoms with van der Waals surface area (Å²) in [5, 5.41) is 0. The van der Waals surface area contributed by atoms with E-state index in [1.54, 1.807) is 25.3 Å². The molecule has 1 N–H and O–H groups in total.